The molecule has 0 unspecified atom stereocenters. The number of sulfone groups is 1. The van der Waals surface area contributed by atoms with E-state index >= 15 is 0 Å². The topological polar surface area (TPSA) is 97.5 Å². The normalized spacial score (nSPS) is 22.2. The first-order valence-electron chi connectivity index (χ1n) is 10.7. The van der Waals surface area contributed by atoms with Crippen molar-refractivity contribution in [2.24, 2.45) is 5.73 Å². The van der Waals surface area contributed by atoms with Crippen LogP contribution in [0.25, 0.3) is 0 Å². The van der Waals surface area contributed by atoms with Gasteiger partial charge in [0, 0.05) is 35.8 Å². The number of benzene rings is 2. The van der Waals surface area contributed by atoms with Crippen LogP contribution in [0.3, 0.4) is 0 Å². The average molecular weight is 499 g/mol. The van der Waals surface area contributed by atoms with Gasteiger partial charge in [0.05, 0.1) is 11.2 Å². The molecule has 9 heteroatoms. The van der Waals surface area contributed by atoms with E-state index in [1.54, 1.807) is 22.5 Å². The predicted octanol–water partition coefficient (Wildman–Crippen LogP) is 3.39. The van der Waals surface area contributed by atoms with Gasteiger partial charge in [0.2, 0.25) is 10.0 Å². The van der Waals surface area contributed by atoms with Crippen molar-refractivity contribution >= 4 is 31.5 Å². The minimum atomic E-state index is -3.43. The highest BCUT2D eigenvalue weighted by atomic mass is 35.5. The van der Waals surface area contributed by atoms with Gasteiger partial charge >= 0.3 is 0 Å². The molecule has 0 radical (unpaired) electrons. The maximum absolute atomic E-state index is 12.6. The Morgan fingerprint density at radius 2 is 1.69 bits per heavy atom. The molecule has 32 heavy (non-hydrogen) atoms. The van der Waals surface area contributed by atoms with Crippen molar-refractivity contribution in [3.8, 4) is 0 Å². The van der Waals surface area contributed by atoms with E-state index in [-0.39, 0.29) is 16.4 Å². The molecule has 176 valence electrons. The molecule has 0 aromatic heterocycles. The van der Waals surface area contributed by atoms with Crippen LogP contribution in [0, 0.1) is 0 Å². The monoisotopic (exact) mass is 498 g/mol. The fourth-order valence-electron chi connectivity index (χ4n) is 4.66. The SMILES string of the molecule is CS(=O)(=O)c1cccc(CCN(C2CCC(CN)(c3cccc(Cl)c3)CC2)S(C)(=O)=O)c1. The molecule has 0 saturated heterocycles. The molecule has 2 N–H and O–H groups in total. The summed E-state index contributed by atoms with van der Waals surface area (Å²) in [6.07, 6.45) is 5.83. The summed E-state index contributed by atoms with van der Waals surface area (Å²) in [6.45, 7) is 0.792. The smallest absolute Gasteiger partial charge is 0.211 e. The fourth-order valence-corrected chi connectivity index (χ4v) is 6.72. The number of halogens is 1. The highest BCUT2D eigenvalue weighted by Crippen LogP contribution is 2.41. The number of sulfonamides is 1. The summed E-state index contributed by atoms with van der Waals surface area (Å²) in [7, 11) is -6.74. The van der Waals surface area contributed by atoms with E-state index in [9.17, 15) is 16.8 Å². The lowest BCUT2D eigenvalue weighted by Gasteiger charge is -2.43. The molecule has 0 amide bonds. The summed E-state index contributed by atoms with van der Waals surface area (Å²) in [6, 6.07) is 14.3. The zero-order valence-corrected chi connectivity index (χ0v) is 20.9. The molecule has 0 spiro atoms. The predicted molar refractivity (Wildman–Crippen MR) is 129 cm³/mol. The maximum Gasteiger partial charge on any atom is 0.211 e. The van der Waals surface area contributed by atoms with E-state index in [0.29, 0.717) is 37.4 Å². The van der Waals surface area contributed by atoms with Crippen LogP contribution in [0.5, 0.6) is 0 Å². The molecule has 0 atom stereocenters. The van der Waals surface area contributed by atoms with Crippen molar-refractivity contribution in [1.82, 2.24) is 4.31 Å². The van der Waals surface area contributed by atoms with Crippen molar-refractivity contribution in [2.45, 2.75) is 48.5 Å². The molecule has 1 aliphatic carbocycles. The Morgan fingerprint density at radius 3 is 2.25 bits per heavy atom. The zero-order chi connectivity index (χ0) is 23.6. The fraction of sp³-hybridized carbons (Fsp3) is 0.478. The Hall–Kier alpha value is -1.45. The van der Waals surface area contributed by atoms with Crippen LogP contribution >= 0.6 is 11.6 Å². The lowest BCUT2D eigenvalue weighted by atomic mass is 9.68. The Labute approximate surface area is 196 Å². The number of hydrogen-bond donors (Lipinski definition) is 1. The second-order valence-corrected chi connectivity index (χ2v) is 13.2. The van der Waals surface area contributed by atoms with E-state index in [2.05, 4.69) is 0 Å². The largest absolute Gasteiger partial charge is 0.330 e. The van der Waals surface area contributed by atoms with Gasteiger partial charge in [0.1, 0.15) is 0 Å². The van der Waals surface area contributed by atoms with Gasteiger partial charge in [-0.25, -0.2) is 16.8 Å². The molecular formula is C23H31ClN2O4S2. The van der Waals surface area contributed by atoms with Crippen LogP contribution in [0.4, 0.5) is 0 Å². The van der Waals surface area contributed by atoms with Crippen LogP contribution in [0.15, 0.2) is 53.4 Å². The molecule has 1 saturated carbocycles. The minimum absolute atomic E-state index is 0.109. The van der Waals surface area contributed by atoms with E-state index in [0.717, 1.165) is 24.0 Å². The van der Waals surface area contributed by atoms with Gasteiger partial charge in [-0.1, -0.05) is 35.9 Å². The molecule has 1 fully saturated rings. The van der Waals surface area contributed by atoms with Gasteiger partial charge in [-0.2, -0.15) is 4.31 Å². The first kappa shape index (κ1) is 25.2. The molecule has 3 rings (SSSR count). The summed E-state index contributed by atoms with van der Waals surface area (Å²) >= 11 is 6.19. The summed E-state index contributed by atoms with van der Waals surface area (Å²) in [4.78, 5) is 0.243. The number of nitrogens with zero attached hydrogens (tertiary/aromatic N) is 1. The zero-order valence-electron chi connectivity index (χ0n) is 18.5. The van der Waals surface area contributed by atoms with Gasteiger partial charge in [0.15, 0.2) is 9.84 Å². The van der Waals surface area contributed by atoms with Crippen LogP contribution in [-0.4, -0.2) is 52.8 Å². The Morgan fingerprint density at radius 1 is 1.03 bits per heavy atom. The van der Waals surface area contributed by atoms with Crippen molar-refractivity contribution < 1.29 is 16.8 Å². The summed E-state index contributed by atoms with van der Waals surface area (Å²) in [5.74, 6) is 0. The Kier molecular flexibility index (Phi) is 7.72. The van der Waals surface area contributed by atoms with E-state index in [1.165, 1.54) is 12.5 Å². The first-order chi connectivity index (χ1) is 14.9. The third-order valence-corrected chi connectivity index (χ3v) is 9.20. The van der Waals surface area contributed by atoms with Crippen LogP contribution < -0.4 is 5.73 Å². The third-order valence-electron chi connectivity index (χ3n) is 6.52. The van der Waals surface area contributed by atoms with Gasteiger partial charge < -0.3 is 5.73 Å². The molecule has 1 aliphatic rings. The third kappa shape index (κ3) is 5.91. The van der Waals surface area contributed by atoms with Crippen molar-refractivity contribution in [3.63, 3.8) is 0 Å². The first-order valence-corrected chi connectivity index (χ1v) is 14.8. The Balaban J connectivity index is 1.75. The van der Waals surface area contributed by atoms with Crippen molar-refractivity contribution in [1.29, 1.82) is 0 Å². The van der Waals surface area contributed by atoms with Gasteiger partial charge in [-0.05, 0) is 67.5 Å². The molecular weight excluding hydrogens is 468 g/mol. The van der Waals surface area contributed by atoms with Crippen molar-refractivity contribution in [2.75, 3.05) is 25.6 Å². The second-order valence-electron chi connectivity index (χ2n) is 8.77. The quantitative estimate of drug-likeness (QED) is 0.601. The lowest BCUT2D eigenvalue weighted by molar-refractivity contribution is 0.193. The lowest BCUT2D eigenvalue weighted by Crippen LogP contribution is -2.47. The molecule has 0 bridgehead atoms. The highest BCUT2D eigenvalue weighted by molar-refractivity contribution is 7.90. The number of nitrogens with two attached hydrogens (primary N) is 1. The molecule has 2 aromatic rings. The maximum atomic E-state index is 12.6. The molecule has 2 aromatic carbocycles. The second kappa shape index (κ2) is 9.81. The van der Waals surface area contributed by atoms with Gasteiger partial charge in [0.25, 0.3) is 0 Å². The summed E-state index contributed by atoms with van der Waals surface area (Å²) in [5, 5.41) is 0.673. The standard InChI is InChI=1S/C23H31ClN2O4S2/c1-31(27,28)22-8-3-5-18(15-22)11-14-26(32(2,29)30)21-9-12-23(17-25,13-10-21)19-6-4-7-20(24)16-19/h3-8,15-16,21H,9-14,17,25H2,1-2H3. The number of hydrogen-bond acceptors (Lipinski definition) is 5. The van der Waals surface area contributed by atoms with Crippen LogP contribution in [-0.2, 0) is 31.7 Å². The van der Waals surface area contributed by atoms with E-state index in [1.807, 2.05) is 30.3 Å². The van der Waals surface area contributed by atoms with Crippen LogP contribution in [0.2, 0.25) is 5.02 Å². The van der Waals surface area contributed by atoms with E-state index in [4.69, 9.17) is 17.3 Å². The highest BCUT2D eigenvalue weighted by Gasteiger charge is 2.39. The molecule has 0 heterocycles. The molecule has 0 aliphatic heterocycles. The van der Waals surface area contributed by atoms with Gasteiger partial charge in [-0.15, -0.1) is 0 Å². The molecule has 6 nitrogen and oxygen atoms in total. The summed E-state index contributed by atoms with van der Waals surface area (Å²) < 4.78 is 50.5. The van der Waals surface area contributed by atoms with Crippen molar-refractivity contribution in [3.05, 3.63) is 64.7 Å². The van der Waals surface area contributed by atoms with Crippen LogP contribution in [0.1, 0.15) is 36.8 Å². The summed E-state index contributed by atoms with van der Waals surface area (Å²) in [5.41, 5.74) is 7.89. The average Bonchev–Trinajstić information content (AvgIpc) is 2.73. The van der Waals surface area contributed by atoms with E-state index < -0.39 is 19.9 Å². The Bertz CT molecular complexity index is 1160. The van der Waals surface area contributed by atoms with Gasteiger partial charge in [-0.3, -0.25) is 0 Å². The number of rotatable bonds is 8. The minimum Gasteiger partial charge on any atom is -0.330 e.